The fourth-order valence-electron chi connectivity index (χ4n) is 3.49. The van der Waals surface area contributed by atoms with E-state index in [1.807, 2.05) is 43.3 Å². The Kier molecular flexibility index (Phi) is 5.76. The molecule has 8 heteroatoms. The second-order valence-electron chi connectivity index (χ2n) is 6.41. The van der Waals surface area contributed by atoms with Crippen LogP contribution in [0.3, 0.4) is 0 Å². The van der Waals surface area contributed by atoms with Gasteiger partial charge in [0.05, 0.1) is 11.6 Å². The molecule has 4 rings (SSSR count). The van der Waals surface area contributed by atoms with Crippen molar-refractivity contribution in [2.24, 2.45) is 0 Å². The number of nitrogens with zero attached hydrogens (tertiary/aromatic N) is 3. The molecule has 142 valence electrons. The minimum Gasteiger partial charge on any atom is -0.313 e. The average molecular weight is 405 g/mol. The monoisotopic (exact) mass is 404 g/mol. The molecule has 1 aliphatic rings. The van der Waals surface area contributed by atoms with E-state index < -0.39 is 10.0 Å². The summed E-state index contributed by atoms with van der Waals surface area (Å²) in [5.74, 6) is 0. The van der Waals surface area contributed by atoms with Crippen LogP contribution in [0.4, 0.5) is 0 Å². The number of pyridine rings is 2. The molecule has 1 N–H and O–H groups in total. The van der Waals surface area contributed by atoms with Crippen molar-refractivity contribution in [1.82, 2.24) is 19.6 Å². The molecule has 1 unspecified atom stereocenters. The number of aromatic nitrogens is 2. The smallest absolute Gasteiger partial charge is 0.246 e. The maximum Gasteiger partial charge on any atom is 0.246 e. The molecule has 1 aromatic carbocycles. The summed E-state index contributed by atoms with van der Waals surface area (Å²) in [6, 6.07) is 10.9. The molecule has 1 atom stereocenters. The van der Waals surface area contributed by atoms with Crippen molar-refractivity contribution in [1.29, 1.82) is 0 Å². The van der Waals surface area contributed by atoms with Gasteiger partial charge in [0.2, 0.25) is 10.0 Å². The van der Waals surface area contributed by atoms with Gasteiger partial charge < -0.3 is 5.32 Å². The lowest BCUT2D eigenvalue weighted by atomic mass is 10.1. The van der Waals surface area contributed by atoms with Crippen molar-refractivity contribution in [3.05, 3.63) is 66.1 Å². The standard InChI is InChI=1S/C19H20N4O2S.ClH/c1-14-6-7-15-4-3-9-22-18(15)19(14)26(24,25)23-11-10-21-13-17(23)16-5-2-8-20-12-16;/h2-9,12,17,21H,10-11,13H2,1H3;1H. The summed E-state index contributed by atoms with van der Waals surface area (Å²) < 4.78 is 28.9. The largest absolute Gasteiger partial charge is 0.313 e. The second kappa shape index (κ2) is 7.90. The van der Waals surface area contributed by atoms with Gasteiger partial charge in [-0.25, -0.2) is 8.42 Å². The van der Waals surface area contributed by atoms with Crippen molar-refractivity contribution < 1.29 is 8.42 Å². The number of nitrogens with one attached hydrogen (secondary N) is 1. The number of fused-ring (bicyclic) bond motifs is 1. The Labute approximate surface area is 165 Å². The Hall–Kier alpha value is -2.06. The van der Waals surface area contributed by atoms with Crippen LogP contribution >= 0.6 is 12.4 Å². The van der Waals surface area contributed by atoms with Gasteiger partial charge in [-0.15, -0.1) is 12.4 Å². The molecule has 0 aliphatic carbocycles. The molecule has 3 heterocycles. The maximum atomic E-state index is 13.6. The van der Waals surface area contributed by atoms with Crippen LogP contribution < -0.4 is 5.32 Å². The number of halogens is 1. The first-order chi connectivity index (χ1) is 12.6. The maximum absolute atomic E-state index is 13.6. The lowest BCUT2D eigenvalue weighted by Gasteiger charge is -2.35. The van der Waals surface area contributed by atoms with Gasteiger partial charge in [-0.2, -0.15) is 4.31 Å². The summed E-state index contributed by atoms with van der Waals surface area (Å²) in [7, 11) is -3.71. The van der Waals surface area contributed by atoms with Gasteiger partial charge >= 0.3 is 0 Å². The van der Waals surface area contributed by atoms with Crippen molar-refractivity contribution in [3.63, 3.8) is 0 Å². The first-order valence-corrected chi connectivity index (χ1v) is 10.00. The highest BCUT2D eigenvalue weighted by molar-refractivity contribution is 7.89. The van der Waals surface area contributed by atoms with Gasteiger partial charge in [0.25, 0.3) is 0 Å². The predicted molar refractivity (Wildman–Crippen MR) is 107 cm³/mol. The number of sulfonamides is 1. The SMILES string of the molecule is Cc1ccc2cccnc2c1S(=O)(=O)N1CCNCC1c1cccnc1.Cl. The highest BCUT2D eigenvalue weighted by Crippen LogP contribution is 2.33. The summed E-state index contributed by atoms with van der Waals surface area (Å²) in [6.07, 6.45) is 5.06. The first-order valence-electron chi connectivity index (χ1n) is 8.56. The number of hydrogen-bond donors (Lipinski definition) is 1. The third-order valence-corrected chi connectivity index (χ3v) is 6.84. The normalized spacial score (nSPS) is 18.2. The van der Waals surface area contributed by atoms with Gasteiger partial charge in [-0.3, -0.25) is 9.97 Å². The summed E-state index contributed by atoms with van der Waals surface area (Å²) >= 11 is 0. The van der Waals surface area contributed by atoms with Gasteiger partial charge in [-0.1, -0.05) is 24.3 Å². The lowest BCUT2D eigenvalue weighted by Crippen LogP contribution is -2.48. The van der Waals surface area contributed by atoms with Crippen LogP contribution in [0, 0.1) is 6.92 Å². The van der Waals surface area contributed by atoms with Crippen LogP contribution in [0.5, 0.6) is 0 Å². The van der Waals surface area contributed by atoms with E-state index in [1.165, 1.54) is 0 Å². The van der Waals surface area contributed by atoms with E-state index in [2.05, 4.69) is 15.3 Å². The van der Waals surface area contributed by atoms with E-state index >= 15 is 0 Å². The minimum absolute atomic E-state index is 0. The van der Waals surface area contributed by atoms with Crippen LogP contribution in [-0.4, -0.2) is 42.3 Å². The van der Waals surface area contributed by atoms with Crippen molar-refractivity contribution in [2.45, 2.75) is 17.9 Å². The fourth-order valence-corrected chi connectivity index (χ4v) is 5.48. The fraction of sp³-hybridized carbons (Fsp3) is 0.263. The summed E-state index contributed by atoms with van der Waals surface area (Å²) in [5.41, 5.74) is 2.12. The van der Waals surface area contributed by atoms with Crippen molar-refractivity contribution in [2.75, 3.05) is 19.6 Å². The van der Waals surface area contributed by atoms with E-state index in [4.69, 9.17) is 0 Å². The molecule has 3 aromatic rings. The summed E-state index contributed by atoms with van der Waals surface area (Å²) in [4.78, 5) is 8.82. The minimum atomic E-state index is -3.71. The highest BCUT2D eigenvalue weighted by atomic mass is 35.5. The zero-order chi connectivity index (χ0) is 18.1. The molecule has 6 nitrogen and oxygen atoms in total. The zero-order valence-electron chi connectivity index (χ0n) is 14.9. The number of aryl methyl sites for hydroxylation is 1. The number of hydrogen-bond acceptors (Lipinski definition) is 5. The topological polar surface area (TPSA) is 75.2 Å². The quantitative estimate of drug-likeness (QED) is 0.726. The van der Waals surface area contributed by atoms with Crippen LogP contribution in [0.25, 0.3) is 10.9 Å². The van der Waals surface area contributed by atoms with Gasteiger partial charge in [-0.05, 0) is 30.2 Å². The predicted octanol–water partition coefficient (Wildman–Crippen LogP) is 2.70. The van der Waals surface area contributed by atoms with E-state index in [0.717, 1.165) is 10.9 Å². The molecule has 0 bridgehead atoms. The zero-order valence-corrected chi connectivity index (χ0v) is 16.5. The van der Waals surface area contributed by atoms with Crippen molar-refractivity contribution >= 4 is 33.3 Å². The summed E-state index contributed by atoms with van der Waals surface area (Å²) in [5, 5.41) is 4.11. The third-order valence-electron chi connectivity index (χ3n) is 4.76. The molecule has 0 amide bonds. The molecular weight excluding hydrogens is 384 g/mol. The Morgan fingerprint density at radius 1 is 1.15 bits per heavy atom. The molecule has 0 spiro atoms. The molecule has 0 saturated carbocycles. The first kappa shape index (κ1) is 19.7. The molecule has 1 fully saturated rings. The van der Waals surface area contributed by atoms with Crippen LogP contribution in [0.1, 0.15) is 17.2 Å². The Balaban J connectivity index is 0.00000210. The van der Waals surface area contributed by atoms with Gasteiger partial charge in [0, 0.05) is 43.6 Å². The van der Waals surface area contributed by atoms with E-state index in [1.54, 1.807) is 22.9 Å². The molecule has 0 radical (unpaired) electrons. The molecule has 2 aromatic heterocycles. The van der Waals surface area contributed by atoms with Crippen molar-refractivity contribution in [3.8, 4) is 0 Å². The van der Waals surface area contributed by atoms with Gasteiger partial charge in [0.15, 0.2) is 0 Å². The number of benzene rings is 1. The van der Waals surface area contributed by atoms with E-state index in [-0.39, 0.29) is 18.4 Å². The van der Waals surface area contributed by atoms with E-state index in [9.17, 15) is 8.42 Å². The summed E-state index contributed by atoms with van der Waals surface area (Å²) in [6.45, 7) is 3.40. The van der Waals surface area contributed by atoms with E-state index in [0.29, 0.717) is 35.6 Å². The van der Waals surface area contributed by atoms with Crippen LogP contribution in [0.15, 0.2) is 59.9 Å². The second-order valence-corrected chi connectivity index (χ2v) is 8.24. The van der Waals surface area contributed by atoms with Crippen LogP contribution in [0.2, 0.25) is 0 Å². The molecule has 27 heavy (non-hydrogen) atoms. The van der Waals surface area contributed by atoms with Gasteiger partial charge in [0.1, 0.15) is 4.90 Å². The Bertz CT molecular complexity index is 1040. The molecule has 1 saturated heterocycles. The Morgan fingerprint density at radius 2 is 1.96 bits per heavy atom. The molecule has 1 aliphatic heterocycles. The third kappa shape index (κ3) is 3.55. The average Bonchev–Trinajstić information content (AvgIpc) is 2.68. The number of piperazine rings is 1. The van der Waals surface area contributed by atoms with Crippen LogP contribution in [-0.2, 0) is 10.0 Å². The number of rotatable bonds is 3. The highest BCUT2D eigenvalue weighted by Gasteiger charge is 2.36. The lowest BCUT2D eigenvalue weighted by molar-refractivity contribution is 0.271. The Morgan fingerprint density at radius 3 is 2.74 bits per heavy atom. The molecular formula is C19H21ClN4O2S.